The zero-order valence-corrected chi connectivity index (χ0v) is 14.6. The van der Waals surface area contributed by atoms with Crippen LogP contribution in [0.15, 0.2) is 42.6 Å². The van der Waals surface area contributed by atoms with Crippen LogP contribution in [0.4, 0.5) is 11.5 Å². The van der Waals surface area contributed by atoms with E-state index in [1.807, 2.05) is 29.2 Å². The molecule has 132 valence electrons. The van der Waals surface area contributed by atoms with Gasteiger partial charge in [0.25, 0.3) is 5.91 Å². The van der Waals surface area contributed by atoms with E-state index in [1.165, 1.54) is 0 Å². The fraction of sp³-hybridized carbons (Fsp3) is 0.368. The quantitative estimate of drug-likeness (QED) is 0.874. The molecular weight excluding hydrogens is 316 g/mol. The van der Waals surface area contributed by atoms with Gasteiger partial charge in [0.2, 0.25) is 0 Å². The molecule has 2 heterocycles. The maximum absolute atomic E-state index is 13.1. The number of anilines is 2. The molecule has 2 unspecified atom stereocenters. The summed E-state index contributed by atoms with van der Waals surface area (Å²) in [6.07, 6.45) is 2.61. The van der Waals surface area contributed by atoms with E-state index < -0.39 is 0 Å². The van der Waals surface area contributed by atoms with Gasteiger partial charge in [-0.3, -0.25) is 4.79 Å². The predicted octanol–water partition coefficient (Wildman–Crippen LogP) is 2.64. The zero-order chi connectivity index (χ0) is 17.8. The largest absolute Gasteiger partial charge is 0.495 e. The Bertz CT molecular complexity index is 750. The molecule has 0 spiro atoms. The lowest BCUT2D eigenvalue weighted by Crippen LogP contribution is -2.35. The number of pyridine rings is 1. The van der Waals surface area contributed by atoms with Gasteiger partial charge in [-0.1, -0.05) is 12.1 Å². The molecule has 1 aromatic carbocycles. The van der Waals surface area contributed by atoms with Crippen LogP contribution >= 0.6 is 0 Å². The van der Waals surface area contributed by atoms with Crippen molar-refractivity contribution < 1.29 is 9.53 Å². The molecule has 1 fully saturated rings. The monoisotopic (exact) mass is 340 g/mol. The molecule has 2 atom stereocenters. The van der Waals surface area contributed by atoms with E-state index in [0.29, 0.717) is 36.1 Å². The minimum absolute atomic E-state index is 0.0195. The maximum Gasteiger partial charge on any atom is 0.257 e. The smallest absolute Gasteiger partial charge is 0.257 e. The number of carbonyl (C=O) groups excluding carboxylic acids is 1. The first-order valence-electron chi connectivity index (χ1n) is 8.50. The van der Waals surface area contributed by atoms with Crippen molar-refractivity contribution >= 4 is 17.4 Å². The summed E-state index contributed by atoms with van der Waals surface area (Å²) in [5, 5.41) is 3.23. The van der Waals surface area contributed by atoms with E-state index in [9.17, 15) is 4.79 Å². The Morgan fingerprint density at radius 1 is 1.36 bits per heavy atom. The van der Waals surface area contributed by atoms with Crippen LogP contribution in [0.1, 0.15) is 23.7 Å². The number of ether oxygens (including phenoxy) is 1. The number of nitrogens with one attached hydrogen (secondary N) is 1. The van der Waals surface area contributed by atoms with Crippen molar-refractivity contribution in [1.29, 1.82) is 0 Å². The lowest BCUT2D eigenvalue weighted by atomic mass is 10.1. The Labute approximate surface area is 148 Å². The molecule has 1 saturated heterocycles. The van der Waals surface area contributed by atoms with Gasteiger partial charge in [0.1, 0.15) is 11.6 Å². The van der Waals surface area contributed by atoms with Gasteiger partial charge in [-0.25, -0.2) is 4.98 Å². The molecule has 3 rings (SSSR count). The number of rotatable bonds is 5. The number of nitrogens with two attached hydrogens (primary N) is 1. The van der Waals surface area contributed by atoms with Gasteiger partial charge in [0.05, 0.1) is 18.4 Å². The summed E-state index contributed by atoms with van der Waals surface area (Å²) in [7, 11) is 1.61. The standard InChI is InChI=1S/C19H24N4O2/c1-13-10-14(11-20)12-23(13)19(24)15-6-5-9-21-18(15)22-16-7-3-4-8-17(16)25-2/h3-9,13-14H,10-12,20H2,1-2H3,(H,21,22). The third kappa shape index (κ3) is 3.58. The summed E-state index contributed by atoms with van der Waals surface area (Å²) in [6, 6.07) is 11.3. The number of para-hydroxylation sites is 2. The molecule has 1 aliphatic heterocycles. The van der Waals surface area contributed by atoms with Gasteiger partial charge in [-0.05, 0) is 50.1 Å². The number of nitrogens with zero attached hydrogens (tertiary/aromatic N) is 2. The summed E-state index contributed by atoms with van der Waals surface area (Å²) < 4.78 is 5.36. The summed E-state index contributed by atoms with van der Waals surface area (Å²) in [4.78, 5) is 19.3. The molecule has 3 N–H and O–H groups in total. The van der Waals surface area contributed by atoms with E-state index in [-0.39, 0.29) is 11.9 Å². The number of benzene rings is 1. The fourth-order valence-electron chi connectivity index (χ4n) is 3.30. The van der Waals surface area contributed by atoms with Crippen LogP contribution in [-0.2, 0) is 0 Å². The second kappa shape index (κ2) is 7.53. The fourth-order valence-corrected chi connectivity index (χ4v) is 3.30. The predicted molar refractivity (Wildman–Crippen MR) is 98.2 cm³/mol. The van der Waals surface area contributed by atoms with Gasteiger partial charge < -0.3 is 20.7 Å². The highest BCUT2D eigenvalue weighted by molar-refractivity contribution is 5.99. The van der Waals surface area contributed by atoms with Crippen LogP contribution in [-0.4, -0.2) is 42.0 Å². The normalized spacial score (nSPS) is 19.7. The van der Waals surface area contributed by atoms with E-state index in [2.05, 4.69) is 17.2 Å². The number of hydrogen-bond acceptors (Lipinski definition) is 5. The highest BCUT2D eigenvalue weighted by Gasteiger charge is 2.33. The Morgan fingerprint density at radius 2 is 2.16 bits per heavy atom. The molecule has 2 aromatic rings. The van der Waals surface area contributed by atoms with E-state index >= 15 is 0 Å². The molecule has 6 heteroatoms. The molecule has 0 aliphatic carbocycles. The van der Waals surface area contributed by atoms with Gasteiger partial charge in [0, 0.05) is 18.8 Å². The summed E-state index contributed by atoms with van der Waals surface area (Å²) in [6.45, 7) is 3.37. The molecular formula is C19H24N4O2. The summed E-state index contributed by atoms with van der Waals surface area (Å²) >= 11 is 0. The number of carbonyl (C=O) groups is 1. The third-order valence-corrected chi connectivity index (χ3v) is 4.65. The molecule has 0 saturated carbocycles. The number of methoxy groups -OCH3 is 1. The van der Waals surface area contributed by atoms with Crippen LogP contribution in [0, 0.1) is 5.92 Å². The molecule has 1 amide bonds. The number of aromatic nitrogens is 1. The van der Waals surface area contributed by atoms with Gasteiger partial charge >= 0.3 is 0 Å². The Hall–Kier alpha value is -2.60. The van der Waals surface area contributed by atoms with Crippen molar-refractivity contribution in [2.75, 3.05) is 25.5 Å². The third-order valence-electron chi connectivity index (χ3n) is 4.65. The van der Waals surface area contributed by atoms with Crippen molar-refractivity contribution in [3.8, 4) is 5.75 Å². The van der Waals surface area contributed by atoms with Crippen molar-refractivity contribution in [3.05, 3.63) is 48.2 Å². The van der Waals surface area contributed by atoms with Crippen LogP contribution in [0.3, 0.4) is 0 Å². The minimum Gasteiger partial charge on any atom is -0.495 e. The highest BCUT2D eigenvalue weighted by atomic mass is 16.5. The van der Waals surface area contributed by atoms with Crippen LogP contribution in [0.25, 0.3) is 0 Å². The topological polar surface area (TPSA) is 80.5 Å². The lowest BCUT2D eigenvalue weighted by Gasteiger charge is -2.23. The Morgan fingerprint density at radius 3 is 2.88 bits per heavy atom. The average Bonchev–Trinajstić information content (AvgIpc) is 3.03. The van der Waals surface area contributed by atoms with Crippen molar-refractivity contribution in [2.24, 2.45) is 11.7 Å². The Balaban J connectivity index is 1.87. The number of likely N-dealkylation sites (tertiary alicyclic amines) is 1. The van der Waals surface area contributed by atoms with E-state index in [1.54, 1.807) is 25.4 Å². The van der Waals surface area contributed by atoms with Crippen LogP contribution < -0.4 is 15.8 Å². The lowest BCUT2D eigenvalue weighted by molar-refractivity contribution is 0.0744. The highest BCUT2D eigenvalue weighted by Crippen LogP contribution is 2.30. The Kier molecular flexibility index (Phi) is 5.19. The minimum atomic E-state index is -0.0195. The number of amides is 1. The molecule has 6 nitrogen and oxygen atoms in total. The molecule has 0 radical (unpaired) electrons. The van der Waals surface area contributed by atoms with Crippen molar-refractivity contribution in [1.82, 2.24) is 9.88 Å². The van der Waals surface area contributed by atoms with Crippen LogP contribution in [0.2, 0.25) is 0 Å². The first kappa shape index (κ1) is 17.2. The summed E-state index contributed by atoms with van der Waals surface area (Å²) in [5.41, 5.74) is 7.11. The zero-order valence-electron chi connectivity index (χ0n) is 14.6. The molecule has 1 aliphatic rings. The van der Waals surface area contributed by atoms with E-state index in [0.717, 1.165) is 12.1 Å². The SMILES string of the molecule is COc1ccccc1Nc1ncccc1C(=O)N1CC(CN)CC1C. The molecule has 0 bridgehead atoms. The first-order valence-corrected chi connectivity index (χ1v) is 8.50. The molecule has 1 aromatic heterocycles. The second-order valence-corrected chi connectivity index (χ2v) is 6.37. The summed E-state index contributed by atoms with van der Waals surface area (Å²) in [5.74, 6) is 1.57. The first-order chi connectivity index (χ1) is 12.1. The maximum atomic E-state index is 13.1. The average molecular weight is 340 g/mol. The van der Waals surface area contributed by atoms with Crippen LogP contribution in [0.5, 0.6) is 5.75 Å². The second-order valence-electron chi connectivity index (χ2n) is 6.37. The van der Waals surface area contributed by atoms with Crippen molar-refractivity contribution in [3.63, 3.8) is 0 Å². The van der Waals surface area contributed by atoms with E-state index in [4.69, 9.17) is 10.5 Å². The van der Waals surface area contributed by atoms with Crippen molar-refractivity contribution in [2.45, 2.75) is 19.4 Å². The number of hydrogen-bond donors (Lipinski definition) is 2. The van der Waals surface area contributed by atoms with Gasteiger partial charge in [0.15, 0.2) is 0 Å². The molecule has 25 heavy (non-hydrogen) atoms. The van der Waals surface area contributed by atoms with Gasteiger partial charge in [-0.2, -0.15) is 0 Å². The van der Waals surface area contributed by atoms with Gasteiger partial charge in [-0.15, -0.1) is 0 Å².